The van der Waals surface area contributed by atoms with E-state index < -0.39 is 0 Å². The van der Waals surface area contributed by atoms with Gasteiger partial charge in [-0.25, -0.2) is 9.97 Å². The Kier molecular flexibility index (Phi) is 4.17. The molecule has 0 radical (unpaired) electrons. The topological polar surface area (TPSA) is 55.3 Å². The third-order valence-corrected chi connectivity index (χ3v) is 4.66. The lowest BCUT2D eigenvalue weighted by atomic mass is 10.0. The minimum absolute atomic E-state index is 0.226. The molecule has 1 fully saturated rings. The van der Waals surface area contributed by atoms with Gasteiger partial charge in [0.25, 0.3) is 0 Å². The Hall–Kier alpha value is -1.53. The molecule has 0 bridgehead atoms. The Labute approximate surface area is 128 Å². The fraction of sp³-hybridized carbons (Fsp3) is 0.533. The lowest BCUT2D eigenvalue weighted by Crippen LogP contribution is -2.29. The number of carbonyl (C=O) groups is 1. The molecule has 1 amide bonds. The molecule has 1 atom stereocenters. The van der Waals surface area contributed by atoms with Crippen molar-refractivity contribution < 1.29 is 9.53 Å². The van der Waals surface area contributed by atoms with Gasteiger partial charge in [-0.15, -0.1) is 11.3 Å². The highest BCUT2D eigenvalue weighted by atomic mass is 32.1. The normalized spacial score (nSPS) is 18.9. The van der Waals surface area contributed by atoms with Crippen LogP contribution in [-0.4, -0.2) is 47.6 Å². The summed E-state index contributed by atoms with van der Waals surface area (Å²) in [6, 6.07) is 2.08. The first-order chi connectivity index (χ1) is 10.2. The minimum atomic E-state index is 0.226. The van der Waals surface area contributed by atoms with Crippen LogP contribution in [0.25, 0.3) is 10.2 Å². The molecule has 6 heteroatoms. The van der Waals surface area contributed by atoms with Gasteiger partial charge >= 0.3 is 0 Å². The molecule has 112 valence electrons. The number of methoxy groups -OCH3 is 1. The van der Waals surface area contributed by atoms with Crippen molar-refractivity contribution in [2.24, 2.45) is 5.92 Å². The highest BCUT2D eigenvalue weighted by Gasteiger charge is 2.30. The molecule has 1 aliphatic rings. The summed E-state index contributed by atoms with van der Waals surface area (Å²) in [5, 5.41) is 3.18. The smallest absolute Gasteiger partial charge is 0.223 e. The van der Waals surface area contributed by atoms with Gasteiger partial charge < -0.3 is 9.64 Å². The van der Waals surface area contributed by atoms with Crippen LogP contribution in [-0.2, 0) is 16.0 Å². The van der Waals surface area contributed by atoms with Crippen molar-refractivity contribution >= 4 is 27.5 Å². The van der Waals surface area contributed by atoms with Crippen LogP contribution < -0.4 is 0 Å². The molecule has 3 rings (SSSR count). The maximum atomic E-state index is 12.0. The largest absolute Gasteiger partial charge is 0.383 e. The van der Waals surface area contributed by atoms with Gasteiger partial charge in [-0.2, -0.15) is 0 Å². The number of rotatable bonds is 5. The molecule has 0 N–H and O–H groups in total. The molecule has 2 aromatic heterocycles. The van der Waals surface area contributed by atoms with E-state index >= 15 is 0 Å². The van der Waals surface area contributed by atoms with Gasteiger partial charge in [0, 0.05) is 32.0 Å². The first-order valence-corrected chi connectivity index (χ1v) is 8.02. The Morgan fingerprint density at radius 1 is 1.48 bits per heavy atom. The number of amides is 1. The van der Waals surface area contributed by atoms with Crippen molar-refractivity contribution in [1.82, 2.24) is 14.9 Å². The lowest BCUT2D eigenvalue weighted by Gasteiger charge is -2.16. The van der Waals surface area contributed by atoms with Crippen LogP contribution in [0, 0.1) is 12.8 Å². The first-order valence-electron chi connectivity index (χ1n) is 7.15. The highest BCUT2D eigenvalue weighted by Crippen LogP contribution is 2.27. The quantitative estimate of drug-likeness (QED) is 0.848. The molecule has 0 aromatic carbocycles. The van der Waals surface area contributed by atoms with Gasteiger partial charge in [0.15, 0.2) is 0 Å². The zero-order chi connectivity index (χ0) is 14.8. The van der Waals surface area contributed by atoms with Crippen molar-refractivity contribution in [2.75, 3.05) is 26.8 Å². The van der Waals surface area contributed by atoms with E-state index in [9.17, 15) is 4.79 Å². The van der Waals surface area contributed by atoms with Crippen LogP contribution in [0.2, 0.25) is 0 Å². The van der Waals surface area contributed by atoms with Gasteiger partial charge in [0.05, 0.1) is 12.3 Å². The molecular formula is C15H19N3O2S. The molecule has 5 nitrogen and oxygen atoms in total. The molecule has 0 unspecified atom stereocenters. The fourth-order valence-electron chi connectivity index (χ4n) is 2.87. The molecule has 21 heavy (non-hydrogen) atoms. The van der Waals surface area contributed by atoms with Crippen LogP contribution >= 0.6 is 11.3 Å². The molecule has 0 spiro atoms. The predicted molar refractivity (Wildman–Crippen MR) is 82.4 cm³/mol. The predicted octanol–water partition coefficient (Wildman–Crippen LogP) is 2.04. The number of fused-ring (bicyclic) bond motifs is 1. The van der Waals surface area contributed by atoms with Gasteiger partial charge in [-0.05, 0) is 30.7 Å². The van der Waals surface area contributed by atoms with Crippen molar-refractivity contribution in [3.05, 3.63) is 23.0 Å². The van der Waals surface area contributed by atoms with Crippen LogP contribution in [0.5, 0.6) is 0 Å². The van der Waals surface area contributed by atoms with Gasteiger partial charge in [-0.3, -0.25) is 4.79 Å². The number of ether oxygens (including phenoxy) is 1. The molecule has 2 aromatic rings. The van der Waals surface area contributed by atoms with Crippen LogP contribution in [0.3, 0.4) is 0 Å². The van der Waals surface area contributed by atoms with Gasteiger partial charge in [0.2, 0.25) is 5.91 Å². The Morgan fingerprint density at radius 2 is 2.33 bits per heavy atom. The fourth-order valence-corrected chi connectivity index (χ4v) is 3.70. The van der Waals surface area contributed by atoms with E-state index in [2.05, 4.69) is 16.0 Å². The second kappa shape index (κ2) is 6.07. The third kappa shape index (κ3) is 3.06. The minimum Gasteiger partial charge on any atom is -0.383 e. The van der Waals surface area contributed by atoms with E-state index in [-0.39, 0.29) is 5.91 Å². The SMILES string of the molecule is COCCN1C[C@@H](Cc2nc(C)nc3sccc23)CC1=O. The summed E-state index contributed by atoms with van der Waals surface area (Å²) in [4.78, 5) is 24.0. The second-order valence-electron chi connectivity index (χ2n) is 5.46. The number of aromatic nitrogens is 2. The number of likely N-dealkylation sites (tertiary alicyclic amines) is 1. The summed E-state index contributed by atoms with van der Waals surface area (Å²) in [6.07, 6.45) is 1.45. The summed E-state index contributed by atoms with van der Waals surface area (Å²) in [5.41, 5.74) is 1.07. The number of nitrogens with zero attached hydrogens (tertiary/aromatic N) is 3. The summed E-state index contributed by atoms with van der Waals surface area (Å²) in [5.74, 6) is 1.37. The van der Waals surface area contributed by atoms with Crippen molar-refractivity contribution in [3.63, 3.8) is 0 Å². The average Bonchev–Trinajstić information content (AvgIpc) is 3.03. The zero-order valence-electron chi connectivity index (χ0n) is 12.3. The number of hydrogen-bond acceptors (Lipinski definition) is 5. The maximum Gasteiger partial charge on any atom is 0.223 e. The molecule has 3 heterocycles. The Balaban J connectivity index is 1.74. The summed E-state index contributed by atoms with van der Waals surface area (Å²) >= 11 is 1.64. The first kappa shape index (κ1) is 14.4. The lowest BCUT2D eigenvalue weighted by molar-refractivity contribution is -0.128. The van der Waals surface area contributed by atoms with Gasteiger partial charge in [0.1, 0.15) is 10.7 Å². The molecule has 1 saturated heterocycles. The standard InChI is InChI=1S/C15H19N3O2S/c1-10-16-13(12-3-6-21-15(12)17-10)7-11-8-14(19)18(9-11)4-5-20-2/h3,6,11H,4-5,7-9H2,1-2H3/t11-/m0/s1. The van der Waals surface area contributed by atoms with E-state index in [0.29, 0.717) is 25.5 Å². The van der Waals surface area contributed by atoms with Crippen molar-refractivity contribution in [1.29, 1.82) is 0 Å². The van der Waals surface area contributed by atoms with E-state index in [4.69, 9.17) is 4.74 Å². The third-order valence-electron chi connectivity index (χ3n) is 3.86. The summed E-state index contributed by atoms with van der Waals surface area (Å²) < 4.78 is 5.06. The second-order valence-corrected chi connectivity index (χ2v) is 6.36. The van der Waals surface area contributed by atoms with E-state index in [1.54, 1.807) is 18.4 Å². The van der Waals surface area contributed by atoms with Crippen molar-refractivity contribution in [2.45, 2.75) is 19.8 Å². The zero-order valence-corrected chi connectivity index (χ0v) is 13.2. The number of aryl methyl sites for hydroxylation is 1. The van der Waals surface area contributed by atoms with Crippen molar-refractivity contribution in [3.8, 4) is 0 Å². The number of carbonyl (C=O) groups excluding carboxylic acids is 1. The van der Waals surface area contributed by atoms with Crippen LogP contribution in [0.15, 0.2) is 11.4 Å². The van der Waals surface area contributed by atoms with Crippen LogP contribution in [0.4, 0.5) is 0 Å². The monoisotopic (exact) mass is 305 g/mol. The molecular weight excluding hydrogens is 286 g/mol. The van der Waals surface area contributed by atoms with Gasteiger partial charge in [-0.1, -0.05) is 0 Å². The average molecular weight is 305 g/mol. The van der Waals surface area contributed by atoms with E-state index in [1.807, 2.05) is 17.2 Å². The van der Waals surface area contributed by atoms with Crippen LogP contribution in [0.1, 0.15) is 17.9 Å². The maximum absolute atomic E-state index is 12.0. The Morgan fingerprint density at radius 3 is 3.14 bits per heavy atom. The Bertz CT molecular complexity index is 655. The summed E-state index contributed by atoms with van der Waals surface area (Å²) in [7, 11) is 1.66. The van der Waals surface area contributed by atoms with E-state index in [1.165, 1.54) is 0 Å². The molecule has 0 saturated carbocycles. The van der Waals surface area contributed by atoms with E-state index in [0.717, 1.165) is 34.7 Å². The number of hydrogen-bond donors (Lipinski definition) is 0. The number of thiophene rings is 1. The molecule has 1 aliphatic heterocycles. The molecule has 0 aliphatic carbocycles. The highest BCUT2D eigenvalue weighted by molar-refractivity contribution is 7.16. The summed E-state index contributed by atoms with van der Waals surface area (Å²) in [6.45, 7) is 4.01.